The molecule has 84 valence electrons. The SMILES string of the molecule is Cc1sc(CN)nc1C(=O)OC(C)(C)C. The number of rotatable bonds is 2. The molecule has 0 saturated heterocycles. The van der Waals surface area contributed by atoms with Crippen LogP contribution in [0.2, 0.25) is 0 Å². The third-order valence-corrected chi connectivity index (χ3v) is 2.60. The van der Waals surface area contributed by atoms with Crippen molar-refractivity contribution in [3.8, 4) is 0 Å². The Balaban J connectivity index is 2.87. The smallest absolute Gasteiger partial charge is 0.358 e. The Labute approximate surface area is 93.5 Å². The fourth-order valence-electron chi connectivity index (χ4n) is 1.05. The molecule has 5 heteroatoms. The van der Waals surface area contributed by atoms with Gasteiger partial charge in [-0.1, -0.05) is 0 Å². The Morgan fingerprint density at radius 3 is 2.53 bits per heavy atom. The van der Waals surface area contributed by atoms with Crippen LogP contribution >= 0.6 is 11.3 Å². The van der Waals surface area contributed by atoms with Crippen molar-refractivity contribution >= 4 is 17.3 Å². The molecule has 0 aliphatic heterocycles. The number of carbonyl (C=O) groups is 1. The van der Waals surface area contributed by atoms with Crippen molar-refractivity contribution in [3.05, 3.63) is 15.6 Å². The van der Waals surface area contributed by atoms with Gasteiger partial charge in [0.05, 0.1) is 0 Å². The van der Waals surface area contributed by atoms with Crippen molar-refractivity contribution in [1.82, 2.24) is 4.98 Å². The molecule has 0 fully saturated rings. The highest BCUT2D eigenvalue weighted by molar-refractivity contribution is 7.11. The molecule has 0 unspecified atom stereocenters. The van der Waals surface area contributed by atoms with Gasteiger partial charge in [-0.3, -0.25) is 0 Å². The van der Waals surface area contributed by atoms with Crippen molar-refractivity contribution < 1.29 is 9.53 Å². The van der Waals surface area contributed by atoms with E-state index in [-0.39, 0.29) is 5.97 Å². The highest BCUT2D eigenvalue weighted by atomic mass is 32.1. The summed E-state index contributed by atoms with van der Waals surface area (Å²) in [5, 5.41) is 0.758. The van der Waals surface area contributed by atoms with Crippen LogP contribution in [0.25, 0.3) is 0 Å². The maximum atomic E-state index is 11.7. The maximum Gasteiger partial charge on any atom is 0.358 e. The molecule has 15 heavy (non-hydrogen) atoms. The zero-order valence-electron chi connectivity index (χ0n) is 9.46. The summed E-state index contributed by atoms with van der Waals surface area (Å²) in [6.07, 6.45) is 0. The van der Waals surface area contributed by atoms with Crippen LogP contribution < -0.4 is 5.73 Å². The average Bonchev–Trinajstić information content (AvgIpc) is 2.43. The van der Waals surface area contributed by atoms with Gasteiger partial charge in [0, 0.05) is 11.4 Å². The van der Waals surface area contributed by atoms with Crippen molar-refractivity contribution in [3.63, 3.8) is 0 Å². The number of aromatic nitrogens is 1. The molecular weight excluding hydrogens is 212 g/mol. The number of carbonyl (C=O) groups excluding carboxylic acids is 1. The standard InChI is InChI=1S/C10H16N2O2S/c1-6-8(12-7(5-11)15-6)9(13)14-10(2,3)4/h5,11H2,1-4H3. The molecule has 1 aromatic heterocycles. The lowest BCUT2D eigenvalue weighted by molar-refractivity contribution is 0.00628. The molecule has 0 saturated carbocycles. The number of nitrogens with zero attached hydrogens (tertiary/aromatic N) is 1. The van der Waals surface area contributed by atoms with Crippen LogP contribution in [0.5, 0.6) is 0 Å². The van der Waals surface area contributed by atoms with Crippen LogP contribution in [0.4, 0.5) is 0 Å². The van der Waals surface area contributed by atoms with Gasteiger partial charge in [0.2, 0.25) is 0 Å². The van der Waals surface area contributed by atoms with Crippen molar-refractivity contribution in [1.29, 1.82) is 0 Å². The Morgan fingerprint density at radius 2 is 2.13 bits per heavy atom. The molecule has 1 heterocycles. The minimum absolute atomic E-state index is 0.355. The van der Waals surface area contributed by atoms with E-state index < -0.39 is 5.60 Å². The Kier molecular flexibility index (Phi) is 3.46. The van der Waals surface area contributed by atoms with Crippen LogP contribution in [-0.2, 0) is 11.3 Å². The molecule has 1 rings (SSSR count). The molecule has 0 aliphatic carbocycles. The number of aryl methyl sites for hydroxylation is 1. The van der Waals surface area contributed by atoms with E-state index in [1.54, 1.807) is 0 Å². The second-order valence-electron chi connectivity index (χ2n) is 4.22. The second kappa shape index (κ2) is 4.28. The molecule has 0 spiro atoms. The summed E-state index contributed by atoms with van der Waals surface area (Å²) in [4.78, 5) is 16.7. The zero-order valence-corrected chi connectivity index (χ0v) is 10.3. The Morgan fingerprint density at radius 1 is 1.53 bits per heavy atom. The third-order valence-electron chi connectivity index (χ3n) is 1.61. The number of esters is 1. The third kappa shape index (κ3) is 3.28. The van der Waals surface area contributed by atoms with Crippen LogP contribution in [-0.4, -0.2) is 16.6 Å². The van der Waals surface area contributed by atoms with Crippen LogP contribution in [0.15, 0.2) is 0 Å². The fraction of sp³-hybridized carbons (Fsp3) is 0.600. The normalized spacial score (nSPS) is 11.5. The molecule has 0 bridgehead atoms. The molecule has 0 aromatic carbocycles. The van der Waals surface area contributed by atoms with Gasteiger partial charge in [0.15, 0.2) is 5.69 Å². The van der Waals surface area contributed by atoms with E-state index >= 15 is 0 Å². The molecule has 1 aromatic rings. The number of hydrogen-bond donors (Lipinski definition) is 1. The number of thiazole rings is 1. The van der Waals surface area contributed by atoms with E-state index in [4.69, 9.17) is 10.5 Å². The first-order chi connectivity index (χ1) is 6.83. The molecule has 4 nitrogen and oxygen atoms in total. The first kappa shape index (κ1) is 12.1. The molecule has 0 atom stereocenters. The topological polar surface area (TPSA) is 65.2 Å². The van der Waals surface area contributed by atoms with Gasteiger partial charge in [-0.2, -0.15) is 0 Å². The minimum Gasteiger partial charge on any atom is -0.455 e. The first-order valence-corrected chi connectivity index (χ1v) is 5.55. The summed E-state index contributed by atoms with van der Waals surface area (Å²) in [5.74, 6) is -0.379. The van der Waals surface area contributed by atoms with Crippen LogP contribution in [0.1, 0.15) is 41.1 Å². The largest absolute Gasteiger partial charge is 0.455 e. The molecular formula is C10H16N2O2S. The van der Waals surface area contributed by atoms with Gasteiger partial charge >= 0.3 is 5.97 Å². The summed E-state index contributed by atoms with van der Waals surface area (Å²) >= 11 is 1.43. The molecule has 0 aliphatic rings. The summed E-state index contributed by atoms with van der Waals surface area (Å²) < 4.78 is 5.23. The van der Waals surface area contributed by atoms with Crippen LogP contribution in [0.3, 0.4) is 0 Å². The highest BCUT2D eigenvalue weighted by Crippen LogP contribution is 2.20. The quantitative estimate of drug-likeness (QED) is 0.785. The maximum absolute atomic E-state index is 11.7. The van der Waals surface area contributed by atoms with Crippen molar-refractivity contribution in [2.75, 3.05) is 0 Å². The van der Waals surface area contributed by atoms with Gasteiger partial charge in [0.25, 0.3) is 0 Å². The summed E-state index contributed by atoms with van der Waals surface area (Å²) in [5.41, 5.74) is 5.35. The average molecular weight is 228 g/mol. The van der Waals surface area contributed by atoms with E-state index in [0.29, 0.717) is 12.2 Å². The van der Waals surface area contributed by atoms with Gasteiger partial charge < -0.3 is 10.5 Å². The monoisotopic (exact) mass is 228 g/mol. The van der Waals surface area contributed by atoms with Gasteiger partial charge in [-0.05, 0) is 27.7 Å². The lowest BCUT2D eigenvalue weighted by atomic mass is 10.2. The van der Waals surface area contributed by atoms with E-state index in [1.807, 2.05) is 27.7 Å². The number of nitrogens with two attached hydrogens (primary N) is 1. The first-order valence-electron chi connectivity index (χ1n) is 4.73. The van der Waals surface area contributed by atoms with E-state index in [1.165, 1.54) is 11.3 Å². The predicted octanol–water partition coefficient (Wildman–Crippen LogP) is 1.87. The number of hydrogen-bond acceptors (Lipinski definition) is 5. The zero-order chi connectivity index (χ0) is 11.6. The van der Waals surface area contributed by atoms with E-state index in [2.05, 4.69) is 4.98 Å². The van der Waals surface area contributed by atoms with Gasteiger partial charge in [-0.25, -0.2) is 9.78 Å². The van der Waals surface area contributed by atoms with Gasteiger partial charge in [-0.15, -0.1) is 11.3 Å². The molecule has 0 radical (unpaired) electrons. The van der Waals surface area contributed by atoms with E-state index in [0.717, 1.165) is 9.88 Å². The minimum atomic E-state index is -0.490. The Hall–Kier alpha value is -0.940. The fourth-order valence-corrected chi connectivity index (χ4v) is 1.85. The second-order valence-corrected chi connectivity index (χ2v) is 5.51. The predicted molar refractivity (Wildman–Crippen MR) is 59.9 cm³/mol. The lowest BCUT2D eigenvalue weighted by Crippen LogP contribution is -2.24. The Bertz CT molecular complexity index is 366. The summed E-state index contributed by atoms with van der Waals surface area (Å²) in [7, 11) is 0. The van der Waals surface area contributed by atoms with Crippen molar-refractivity contribution in [2.24, 2.45) is 5.73 Å². The summed E-state index contributed by atoms with van der Waals surface area (Å²) in [6, 6.07) is 0. The summed E-state index contributed by atoms with van der Waals surface area (Å²) in [6.45, 7) is 7.69. The lowest BCUT2D eigenvalue weighted by Gasteiger charge is -2.18. The molecule has 2 N–H and O–H groups in total. The molecule has 0 amide bonds. The number of ether oxygens (including phenoxy) is 1. The van der Waals surface area contributed by atoms with Crippen molar-refractivity contribution in [2.45, 2.75) is 39.8 Å². The van der Waals surface area contributed by atoms with Crippen LogP contribution in [0, 0.1) is 6.92 Å². The van der Waals surface area contributed by atoms with E-state index in [9.17, 15) is 4.79 Å². The van der Waals surface area contributed by atoms with Gasteiger partial charge in [0.1, 0.15) is 10.6 Å². The highest BCUT2D eigenvalue weighted by Gasteiger charge is 2.22.